The first-order chi connectivity index (χ1) is 14.6. The number of carbonyl (C=O) groups excluding carboxylic acids is 1. The number of ether oxygens (including phenoxy) is 1. The molecule has 8 heteroatoms. The Kier molecular flexibility index (Phi) is 5.18. The van der Waals surface area contributed by atoms with Gasteiger partial charge in [-0.15, -0.1) is 0 Å². The molecule has 8 nitrogen and oxygen atoms in total. The minimum Gasteiger partial charge on any atom is -0.455 e. The van der Waals surface area contributed by atoms with E-state index in [-0.39, 0.29) is 5.56 Å². The fraction of sp³-hybridized carbons (Fsp3) is 0.182. The number of nitrogens with zero attached hydrogens (tertiary/aromatic N) is 3. The van der Waals surface area contributed by atoms with E-state index in [0.29, 0.717) is 42.3 Å². The minimum absolute atomic E-state index is 0.0762. The van der Waals surface area contributed by atoms with Gasteiger partial charge in [-0.3, -0.25) is 14.2 Å². The molecule has 0 spiro atoms. The molecule has 0 saturated carbocycles. The van der Waals surface area contributed by atoms with E-state index in [4.69, 9.17) is 4.74 Å². The molecule has 150 valence electrons. The van der Waals surface area contributed by atoms with Crippen molar-refractivity contribution in [3.05, 3.63) is 86.7 Å². The molecule has 0 aliphatic carbocycles. The largest absolute Gasteiger partial charge is 0.455 e. The van der Waals surface area contributed by atoms with Crippen molar-refractivity contribution in [2.75, 3.05) is 5.32 Å². The van der Waals surface area contributed by atoms with Gasteiger partial charge in [-0.2, -0.15) is 5.26 Å². The average Bonchev–Trinajstić information content (AvgIpc) is 3.23. The average molecular weight is 402 g/mol. The zero-order valence-corrected chi connectivity index (χ0v) is 16.0. The van der Waals surface area contributed by atoms with Crippen molar-refractivity contribution >= 4 is 11.6 Å². The molecular weight excluding hydrogens is 384 g/mol. The summed E-state index contributed by atoms with van der Waals surface area (Å²) in [5, 5.41) is 12.0. The highest BCUT2D eigenvalue weighted by Gasteiger charge is 2.23. The van der Waals surface area contributed by atoms with E-state index in [9.17, 15) is 19.6 Å². The van der Waals surface area contributed by atoms with Gasteiger partial charge in [0.25, 0.3) is 5.56 Å². The molecule has 0 radical (unpaired) electrons. The smallest absolute Gasteiger partial charge is 0.331 e. The molecule has 2 heterocycles. The zero-order valence-electron chi connectivity index (χ0n) is 16.0. The molecule has 30 heavy (non-hydrogen) atoms. The number of para-hydroxylation sites is 3. The standard InChI is InChI=1S/C22H18N4O4/c23-13-16-18-10-6-12-25(18)22(29)26(21(16)28)14-20(27)24-17-9-4-5-11-19(17)30-15-7-2-1-3-8-15/h1-5,7-9,11H,6,10,12,14H2,(H,24,27). The molecular formula is C22H18N4O4. The van der Waals surface area contributed by atoms with Crippen molar-refractivity contribution < 1.29 is 9.53 Å². The van der Waals surface area contributed by atoms with Crippen molar-refractivity contribution in [1.82, 2.24) is 9.13 Å². The number of nitriles is 1. The summed E-state index contributed by atoms with van der Waals surface area (Å²) in [4.78, 5) is 37.9. The SMILES string of the molecule is N#Cc1c2n(c(=O)n(CC(=O)Nc3ccccc3Oc3ccccc3)c1=O)CCC2. The lowest BCUT2D eigenvalue weighted by Crippen LogP contribution is -2.44. The first-order valence-electron chi connectivity index (χ1n) is 9.47. The topological polar surface area (TPSA) is 106 Å². The molecule has 0 fully saturated rings. The predicted octanol–water partition coefficient (Wildman–Crippen LogP) is 2.26. The van der Waals surface area contributed by atoms with E-state index in [1.165, 1.54) is 4.57 Å². The fourth-order valence-electron chi connectivity index (χ4n) is 3.50. The second-order valence-corrected chi connectivity index (χ2v) is 6.82. The van der Waals surface area contributed by atoms with Crippen LogP contribution in [0.2, 0.25) is 0 Å². The molecule has 0 saturated heterocycles. The van der Waals surface area contributed by atoms with Gasteiger partial charge in [0.1, 0.15) is 23.9 Å². The van der Waals surface area contributed by atoms with Gasteiger partial charge in [0.15, 0.2) is 5.75 Å². The number of hydrogen-bond donors (Lipinski definition) is 1. The summed E-state index contributed by atoms with van der Waals surface area (Å²) >= 11 is 0. The number of rotatable bonds is 5. The zero-order chi connectivity index (χ0) is 21.1. The Morgan fingerprint density at radius 2 is 1.83 bits per heavy atom. The van der Waals surface area contributed by atoms with Crippen molar-refractivity contribution in [2.45, 2.75) is 25.9 Å². The van der Waals surface area contributed by atoms with Gasteiger partial charge >= 0.3 is 5.69 Å². The Labute approximate surface area is 171 Å². The lowest BCUT2D eigenvalue weighted by Gasteiger charge is -2.13. The first-order valence-corrected chi connectivity index (χ1v) is 9.47. The van der Waals surface area contributed by atoms with Gasteiger partial charge in [-0.1, -0.05) is 30.3 Å². The quantitative estimate of drug-likeness (QED) is 0.705. The van der Waals surface area contributed by atoms with E-state index in [2.05, 4.69) is 5.32 Å². The highest BCUT2D eigenvalue weighted by atomic mass is 16.5. The number of carbonyl (C=O) groups is 1. The normalized spacial score (nSPS) is 12.1. The molecule has 1 aliphatic rings. The van der Waals surface area contributed by atoms with Gasteiger partial charge in [0.05, 0.1) is 5.69 Å². The van der Waals surface area contributed by atoms with Gasteiger partial charge < -0.3 is 10.1 Å². The van der Waals surface area contributed by atoms with Crippen LogP contribution in [0.15, 0.2) is 64.2 Å². The molecule has 0 atom stereocenters. The minimum atomic E-state index is -0.736. The summed E-state index contributed by atoms with van der Waals surface area (Å²) in [5.74, 6) is 0.458. The number of nitrogens with one attached hydrogen (secondary N) is 1. The molecule has 3 aromatic rings. The highest BCUT2D eigenvalue weighted by molar-refractivity contribution is 5.92. The molecule has 1 amide bonds. The second kappa shape index (κ2) is 8.09. The van der Waals surface area contributed by atoms with Gasteiger partial charge in [0.2, 0.25) is 5.91 Å². The van der Waals surface area contributed by atoms with Crippen molar-refractivity contribution in [1.29, 1.82) is 5.26 Å². The third-order valence-electron chi connectivity index (χ3n) is 4.88. The lowest BCUT2D eigenvalue weighted by molar-refractivity contribution is -0.116. The Morgan fingerprint density at radius 1 is 1.10 bits per heavy atom. The third-order valence-corrected chi connectivity index (χ3v) is 4.88. The molecule has 1 aromatic heterocycles. The summed E-state index contributed by atoms with van der Waals surface area (Å²) in [5.41, 5.74) is -0.533. The molecule has 4 rings (SSSR count). The molecule has 1 N–H and O–H groups in total. The van der Waals surface area contributed by atoms with Crippen molar-refractivity contribution in [3.8, 4) is 17.6 Å². The van der Waals surface area contributed by atoms with E-state index < -0.39 is 23.7 Å². The van der Waals surface area contributed by atoms with Gasteiger partial charge in [-0.05, 0) is 37.1 Å². The van der Waals surface area contributed by atoms with E-state index in [1.54, 1.807) is 36.4 Å². The van der Waals surface area contributed by atoms with Crippen LogP contribution in [0.3, 0.4) is 0 Å². The Hall–Kier alpha value is -4.12. The van der Waals surface area contributed by atoms with Gasteiger partial charge in [-0.25, -0.2) is 9.36 Å². The van der Waals surface area contributed by atoms with Crippen LogP contribution < -0.4 is 21.3 Å². The van der Waals surface area contributed by atoms with Crippen LogP contribution in [0.5, 0.6) is 11.5 Å². The van der Waals surface area contributed by atoms with Crippen LogP contribution in [0.4, 0.5) is 5.69 Å². The number of hydrogen-bond acceptors (Lipinski definition) is 5. The Bertz CT molecular complexity index is 1270. The van der Waals surface area contributed by atoms with Crippen molar-refractivity contribution in [2.24, 2.45) is 0 Å². The maximum atomic E-state index is 12.7. The second-order valence-electron chi connectivity index (χ2n) is 6.82. The maximum absolute atomic E-state index is 12.7. The Morgan fingerprint density at radius 3 is 2.60 bits per heavy atom. The highest BCUT2D eigenvalue weighted by Crippen LogP contribution is 2.29. The summed E-state index contributed by atoms with van der Waals surface area (Å²) < 4.78 is 8.02. The Balaban J connectivity index is 1.60. The van der Waals surface area contributed by atoms with Crippen molar-refractivity contribution in [3.63, 3.8) is 0 Å². The summed E-state index contributed by atoms with van der Waals surface area (Å²) in [6.07, 6.45) is 1.19. The number of aromatic nitrogens is 2. The van der Waals surface area contributed by atoms with E-state index >= 15 is 0 Å². The molecule has 0 bridgehead atoms. The summed E-state index contributed by atoms with van der Waals surface area (Å²) in [6, 6.07) is 17.8. The van der Waals surface area contributed by atoms with Crippen LogP contribution in [0, 0.1) is 11.3 Å². The lowest BCUT2D eigenvalue weighted by atomic mass is 10.2. The fourth-order valence-corrected chi connectivity index (χ4v) is 3.50. The van der Waals surface area contributed by atoms with E-state index in [1.807, 2.05) is 24.3 Å². The number of benzene rings is 2. The molecule has 0 unspecified atom stereocenters. The third kappa shape index (κ3) is 3.61. The number of amides is 1. The molecule has 1 aliphatic heterocycles. The van der Waals surface area contributed by atoms with Gasteiger partial charge in [0, 0.05) is 12.2 Å². The monoisotopic (exact) mass is 402 g/mol. The number of fused-ring (bicyclic) bond motifs is 1. The van der Waals surface area contributed by atoms with Crippen LogP contribution in [0.25, 0.3) is 0 Å². The van der Waals surface area contributed by atoms with Crippen LogP contribution in [-0.4, -0.2) is 15.0 Å². The maximum Gasteiger partial charge on any atom is 0.331 e. The van der Waals surface area contributed by atoms with Crippen LogP contribution in [0.1, 0.15) is 17.7 Å². The van der Waals surface area contributed by atoms with Crippen LogP contribution >= 0.6 is 0 Å². The molecule has 2 aromatic carbocycles. The summed E-state index contributed by atoms with van der Waals surface area (Å²) in [7, 11) is 0. The number of anilines is 1. The summed E-state index contributed by atoms with van der Waals surface area (Å²) in [6.45, 7) is -0.0647. The first kappa shape index (κ1) is 19.2. The predicted molar refractivity (Wildman–Crippen MR) is 110 cm³/mol. The van der Waals surface area contributed by atoms with E-state index in [0.717, 1.165) is 4.57 Å². The van der Waals surface area contributed by atoms with Crippen LogP contribution in [-0.2, 0) is 24.3 Å².